The highest BCUT2D eigenvalue weighted by Gasteiger charge is 2.62. The number of hydrogen-bond acceptors (Lipinski definition) is 6. The molecule has 0 radical (unpaired) electrons. The zero-order valence-electron chi connectivity index (χ0n) is 30.6. The topological polar surface area (TPSA) is 149 Å². The molecule has 2 aromatic carbocycles. The number of nitrogens with two attached hydrogens (primary N) is 1. The van der Waals surface area contributed by atoms with E-state index < -0.39 is 11.5 Å². The number of carbonyl (C=O) groups is 3. The van der Waals surface area contributed by atoms with Crippen LogP contribution in [0.2, 0.25) is 0 Å². The van der Waals surface area contributed by atoms with Gasteiger partial charge in [-0.1, -0.05) is 71.0 Å². The van der Waals surface area contributed by atoms with E-state index in [1.54, 1.807) is 6.07 Å². The summed E-state index contributed by atoms with van der Waals surface area (Å²) in [6.45, 7) is 13.3. The van der Waals surface area contributed by atoms with Crippen LogP contribution in [0.1, 0.15) is 89.8 Å². The molecule has 0 spiro atoms. The molecule has 2 aliphatic carbocycles. The lowest BCUT2D eigenvalue weighted by Gasteiger charge is -2.55. The van der Waals surface area contributed by atoms with Crippen molar-refractivity contribution in [2.45, 2.75) is 102 Å². The maximum Gasteiger partial charge on any atom is 0.242 e. The van der Waals surface area contributed by atoms with E-state index >= 15 is 0 Å². The van der Waals surface area contributed by atoms with E-state index in [1.165, 1.54) is 11.1 Å². The van der Waals surface area contributed by atoms with Crippen molar-refractivity contribution in [3.8, 4) is 5.75 Å². The number of hydrogen-bond donors (Lipinski definition) is 5. The van der Waals surface area contributed by atoms with Crippen LogP contribution in [0.5, 0.6) is 5.75 Å². The van der Waals surface area contributed by atoms with Gasteiger partial charge in [0.15, 0.2) is 0 Å². The number of nitrogens with one attached hydrogen (secondary N) is 3. The summed E-state index contributed by atoms with van der Waals surface area (Å²) in [5.74, 6) is 0.952. The number of amides is 3. The first-order valence-corrected chi connectivity index (χ1v) is 18.6. The van der Waals surface area contributed by atoms with Crippen molar-refractivity contribution in [2.24, 2.45) is 28.5 Å². The Balaban J connectivity index is 1.19. The van der Waals surface area contributed by atoms with Gasteiger partial charge in [-0.05, 0) is 97.1 Å². The summed E-state index contributed by atoms with van der Waals surface area (Å²) in [7, 11) is 0. The van der Waals surface area contributed by atoms with Crippen molar-refractivity contribution in [1.82, 2.24) is 20.9 Å². The summed E-state index contributed by atoms with van der Waals surface area (Å²) in [5, 5.41) is 19.0. The van der Waals surface area contributed by atoms with Crippen molar-refractivity contribution in [3.05, 3.63) is 65.2 Å². The van der Waals surface area contributed by atoms with E-state index in [9.17, 15) is 19.5 Å². The SMILES string of the molecule is CCC(N)=NCCCCNC(=O)[C@@H](CC(C)C)NC(=O)CNC(=O)[C@@]1(c2ccccc2)C[C@H]1CN1CC[C@@]2(C)c3cc(O)ccc3C[C@@H]1[C@@H]2C. The van der Waals surface area contributed by atoms with Gasteiger partial charge in [0, 0.05) is 32.1 Å². The Morgan fingerprint density at radius 1 is 1.10 bits per heavy atom. The highest BCUT2D eigenvalue weighted by Crippen LogP contribution is 2.56. The molecule has 10 nitrogen and oxygen atoms in total. The van der Waals surface area contributed by atoms with E-state index in [0.717, 1.165) is 57.2 Å². The molecule has 50 heavy (non-hydrogen) atoms. The summed E-state index contributed by atoms with van der Waals surface area (Å²) in [5.41, 5.74) is 8.61. The van der Waals surface area contributed by atoms with Crippen LogP contribution >= 0.6 is 0 Å². The predicted octanol–water partition coefficient (Wildman–Crippen LogP) is 4.19. The highest BCUT2D eigenvalue weighted by atomic mass is 16.3. The molecule has 1 heterocycles. The normalized spacial score (nSPS) is 26.5. The Hall–Kier alpha value is -3.92. The van der Waals surface area contributed by atoms with Gasteiger partial charge in [0.2, 0.25) is 17.7 Å². The van der Waals surface area contributed by atoms with Gasteiger partial charge in [0.1, 0.15) is 11.8 Å². The summed E-state index contributed by atoms with van der Waals surface area (Å²) < 4.78 is 0. The number of aromatic hydroxyl groups is 1. The number of amidine groups is 1. The molecule has 0 aromatic heterocycles. The van der Waals surface area contributed by atoms with Gasteiger partial charge >= 0.3 is 0 Å². The summed E-state index contributed by atoms with van der Waals surface area (Å²) in [6, 6.07) is 15.4. The summed E-state index contributed by atoms with van der Waals surface area (Å²) in [4.78, 5) is 47.2. The van der Waals surface area contributed by atoms with Gasteiger partial charge in [-0.15, -0.1) is 0 Å². The molecule has 272 valence electrons. The minimum Gasteiger partial charge on any atom is -0.508 e. The summed E-state index contributed by atoms with van der Waals surface area (Å²) in [6.07, 6.45) is 5.45. The molecule has 1 saturated carbocycles. The Kier molecular flexibility index (Phi) is 11.9. The lowest BCUT2D eigenvalue weighted by molar-refractivity contribution is -0.130. The number of benzene rings is 2. The van der Waals surface area contributed by atoms with Crippen LogP contribution in [0.15, 0.2) is 53.5 Å². The van der Waals surface area contributed by atoms with Crippen molar-refractivity contribution >= 4 is 23.6 Å². The van der Waals surface area contributed by atoms with E-state index in [0.29, 0.717) is 43.1 Å². The van der Waals surface area contributed by atoms with Gasteiger partial charge in [-0.2, -0.15) is 0 Å². The molecule has 3 aliphatic rings. The Bertz CT molecular complexity index is 1550. The smallest absolute Gasteiger partial charge is 0.242 e. The first-order chi connectivity index (χ1) is 23.9. The van der Waals surface area contributed by atoms with Gasteiger partial charge in [-0.3, -0.25) is 24.3 Å². The van der Waals surface area contributed by atoms with Crippen LogP contribution in [-0.2, 0) is 31.6 Å². The fourth-order valence-electron chi connectivity index (χ4n) is 8.43. The van der Waals surface area contributed by atoms with Gasteiger partial charge < -0.3 is 26.8 Å². The number of phenolic OH excluding ortho intramolecular Hbond substituents is 1. The molecule has 2 aromatic rings. The number of rotatable bonds is 16. The number of phenols is 1. The standard InChI is InChI=1S/C40H58N6O4/c1-6-35(41)42-17-10-11-18-43-37(49)33(20-26(2)3)45-36(48)24-44-38(50)40(29-12-8-7-9-13-29)23-30(40)25-46-19-16-39(5)27(4)34(46)21-28-14-15-31(47)22-32(28)39/h7-9,12-15,22,26-27,30,33-34,47H,6,10-11,16-21,23-25H2,1-5H3,(H2,41,42)(H,43,49)(H,44,50)(H,45,48)/t27-,30-,33+,34+,39+,40+/m0/s1. The van der Waals surface area contributed by atoms with E-state index in [4.69, 9.17) is 5.73 Å². The summed E-state index contributed by atoms with van der Waals surface area (Å²) >= 11 is 0. The molecule has 5 rings (SSSR count). The zero-order chi connectivity index (χ0) is 36.1. The molecule has 1 aliphatic heterocycles. The van der Waals surface area contributed by atoms with Crippen molar-refractivity contribution in [2.75, 3.05) is 32.7 Å². The third-order valence-electron chi connectivity index (χ3n) is 11.7. The minimum absolute atomic E-state index is 0.000977. The number of piperidine rings is 1. The van der Waals surface area contributed by atoms with Crippen LogP contribution in [0, 0.1) is 17.8 Å². The number of aliphatic imine (C=N–C) groups is 1. The quantitative estimate of drug-likeness (QED) is 0.102. The van der Waals surface area contributed by atoms with Crippen LogP contribution in [-0.4, -0.2) is 78.4 Å². The largest absolute Gasteiger partial charge is 0.508 e. The molecule has 1 saturated heterocycles. The highest BCUT2D eigenvalue weighted by molar-refractivity contribution is 5.95. The molecule has 6 atom stereocenters. The average Bonchev–Trinajstić information content (AvgIpc) is 3.83. The Morgan fingerprint density at radius 2 is 1.86 bits per heavy atom. The maximum atomic E-state index is 14.1. The molecule has 0 unspecified atom stereocenters. The number of unbranched alkanes of at least 4 members (excludes halogenated alkanes) is 1. The first-order valence-electron chi connectivity index (χ1n) is 18.6. The van der Waals surface area contributed by atoms with E-state index in [1.807, 2.05) is 57.2 Å². The van der Waals surface area contributed by atoms with E-state index in [-0.39, 0.29) is 41.5 Å². The minimum atomic E-state index is -0.704. The molecule has 10 heteroatoms. The fourth-order valence-corrected chi connectivity index (χ4v) is 8.43. The van der Waals surface area contributed by atoms with Crippen molar-refractivity contribution < 1.29 is 19.5 Å². The van der Waals surface area contributed by atoms with Crippen molar-refractivity contribution in [1.29, 1.82) is 0 Å². The molecule has 2 bridgehead atoms. The zero-order valence-corrected chi connectivity index (χ0v) is 30.6. The average molecular weight is 687 g/mol. The second kappa shape index (κ2) is 16.0. The third kappa shape index (κ3) is 8.17. The van der Waals surface area contributed by atoms with Crippen LogP contribution in [0.25, 0.3) is 0 Å². The maximum absolute atomic E-state index is 14.1. The number of fused-ring (bicyclic) bond motifs is 4. The van der Waals surface area contributed by atoms with E-state index in [2.05, 4.69) is 45.8 Å². The third-order valence-corrected chi connectivity index (χ3v) is 11.7. The fraction of sp³-hybridized carbons (Fsp3) is 0.600. The molecular weight excluding hydrogens is 628 g/mol. The van der Waals surface area contributed by atoms with Gasteiger partial charge in [0.25, 0.3) is 0 Å². The van der Waals surface area contributed by atoms with Crippen LogP contribution in [0.3, 0.4) is 0 Å². The monoisotopic (exact) mass is 686 g/mol. The molecule has 6 N–H and O–H groups in total. The number of nitrogens with zero attached hydrogens (tertiary/aromatic N) is 2. The van der Waals surface area contributed by atoms with Gasteiger partial charge in [-0.25, -0.2) is 0 Å². The van der Waals surface area contributed by atoms with Crippen LogP contribution < -0.4 is 21.7 Å². The van der Waals surface area contributed by atoms with Gasteiger partial charge in [0.05, 0.1) is 17.8 Å². The Labute approximate surface area is 298 Å². The lowest BCUT2D eigenvalue weighted by Crippen LogP contribution is -2.58. The number of carbonyl (C=O) groups excluding carboxylic acids is 3. The first kappa shape index (κ1) is 37.3. The lowest BCUT2D eigenvalue weighted by atomic mass is 9.59. The second-order valence-electron chi connectivity index (χ2n) is 15.5. The van der Waals surface area contributed by atoms with Crippen LogP contribution in [0.4, 0.5) is 0 Å². The van der Waals surface area contributed by atoms with Crippen molar-refractivity contribution in [3.63, 3.8) is 0 Å². The Morgan fingerprint density at radius 3 is 2.58 bits per heavy atom. The predicted molar refractivity (Wildman–Crippen MR) is 198 cm³/mol. The molecular formula is C40H58N6O4. The number of likely N-dealkylation sites (tertiary alicyclic amines) is 1. The molecule has 3 amide bonds. The molecule has 2 fully saturated rings. The second-order valence-corrected chi connectivity index (χ2v) is 15.5.